The molecule has 0 bridgehead atoms. The topological polar surface area (TPSA) is 99.6 Å². The van der Waals surface area contributed by atoms with Crippen LogP contribution in [-0.4, -0.2) is 40.5 Å². The van der Waals surface area contributed by atoms with Crippen LogP contribution in [0.25, 0.3) is 0 Å². The number of carbonyl (C=O) groups excluding carboxylic acids is 1. The molecule has 12 heteroatoms. The van der Waals surface area contributed by atoms with Gasteiger partial charge in [-0.05, 0) is 62.2 Å². The summed E-state index contributed by atoms with van der Waals surface area (Å²) in [6, 6.07) is 3.78. The van der Waals surface area contributed by atoms with Gasteiger partial charge in [0, 0.05) is 6.42 Å². The molecule has 8 nitrogen and oxygen atoms in total. The van der Waals surface area contributed by atoms with E-state index in [1.54, 1.807) is 34.6 Å². The molecule has 0 saturated carbocycles. The predicted molar refractivity (Wildman–Crippen MR) is 123 cm³/mol. The fourth-order valence-corrected chi connectivity index (χ4v) is 4.81. The van der Waals surface area contributed by atoms with E-state index >= 15 is 0 Å². The number of nitrogens with zero attached hydrogens (tertiary/aromatic N) is 2. The Kier molecular flexibility index (Phi) is 9.48. The second-order valence-electron chi connectivity index (χ2n) is 7.83. The molecule has 1 aromatic heterocycles. The van der Waals surface area contributed by atoms with E-state index in [2.05, 4.69) is 31.2 Å². The highest BCUT2D eigenvalue weighted by atomic mass is 79.9. The van der Waals surface area contributed by atoms with E-state index in [4.69, 9.17) is 13.8 Å². The lowest BCUT2D eigenvalue weighted by atomic mass is 10.1. The molecule has 2 rings (SSSR count). The third-order valence-electron chi connectivity index (χ3n) is 4.04. The second-order valence-corrected chi connectivity index (χ2v) is 10.8. The Morgan fingerprint density at radius 1 is 1.21 bits per heavy atom. The minimum atomic E-state index is -4.07. The first-order valence-electron chi connectivity index (χ1n) is 10.2. The highest BCUT2D eigenvalue weighted by Crippen LogP contribution is 2.53. The van der Waals surface area contributed by atoms with Gasteiger partial charge < -0.3 is 19.1 Å². The molecule has 0 aliphatic heterocycles. The van der Waals surface area contributed by atoms with Gasteiger partial charge in [0.2, 0.25) is 5.78 Å². The van der Waals surface area contributed by atoms with Crippen molar-refractivity contribution in [3.8, 4) is 0 Å². The molecule has 182 valence electrons. The van der Waals surface area contributed by atoms with Gasteiger partial charge in [-0.15, -0.1) is 0 Å². The van der Waals surface area contributed by atoms with Crippen molar-refractivity contribution < 1.29 is 31.9 Å². The zero-order chi connectivity index (χ0) is 24.8. The van der Waals surface area contributed by atoms with Crippen molar-refractivity contribution in [2.75, 3.05) is 18.5 Å². The van der Waals surface area contributed by atoms with Gasteiger partial charge in [-0.1, -0.05) is 12.1 Å². The first-order chi connectivity index (χ1) is 15.4. The number of hydrogen-bond donors (Lipinski definition) is 1. The van der Waals surface area contributed by atoms with Crippen LogP contribution in [0, 0.1) is 11.6 Å². The Balaban J connectivity index is 2.52. The second kappa shape index (κ2) is 11.5. The SMILES string of the molecule is CCOP(=O)(OCC)C(Nc1ncc(Br)nc1Cc1cccc(F)c1F)C(=O)OC(C)(C)C. The zero-order valence-electron chi connectivity index (χ0n) is 19.0. The summed E-state index contributed by atoms with van der Waals surface area (Å²) in [5, 5.41) is 2.76. The van der Waals surface area contributed by atoms with Crippen LogP contribution in [0.3, 0.4) is 0 Å². The number of anilines is 1. The van der Waals surface area contributed by atoms with Crippen molar-refractivity contribution in [2.45, 2.75) is 52.4 Å². The van der Waals surface area contributed by atoms with Crippen LogP contribution in [0.5, 0.6) is 0 Å². The van der Waals surface area contributed by atoms with E-state index in [0.29, 0.717) is 4.60 Å². The molecular formula is C21H27BrF2N3O5P. The number of esters is 1. The van der Waals surface area contributed by atoms with Gasteiger partial charge >= 0.3 is 13.6 Å². The Hall–Kier alpha value is -1.94. The van der Waals surface area contributed by atoms with Crippen LogP contribution < -0.4 is 5.32 Å². The zero-order valence-corrected chi connectivity index (χ0v) is 21.5. The summed E-state index contributed by atoms with van der Waals surface area (Å²) in [5.41, 5.74) is -0.696. The number of hydrogen-bond acceptors (Lipinski definition) is 8. The van der Waals surface area contributed by atoms with Crippen molar-refractivity contribution >= 4 is 35.3 Å². The minimum absolute atomic E-state index is 0.00559. The minimum Gasteiger partial charge on any atom is -0.458 e. The normalized spacial score (nSPS) is 13.0. The maximum Gasteiger partial charge on any atom is 0.364 e. The number of halogens is 3. The number of nitrogens with one attached hydrogen (secondary N) is 1. The van der Waals surface area contributed by atoms with Gasteiger partial charge in [-0.25, -0.2) is 23.5 Å². The summed E-state index contributed by atoms with van der Waals surface area (Å²) < 4.78 is 57.9. The van der Waals surface area contributed by atoms with E-state index in [1.165, 1.54) is 18.3 Å². The Bertz CT molecular complexity index is 1030. The van der Waals surface area contributed by atoms with Crippen molar-refractivity contribution in [3.05, 3.63) is 51.9 Å². The fourth-order valence-electron chi connectivity index (χ4n) is 2.81. The van der Waals surface area contributed by atoms with E-state index < -0.39 is 36.6 Å². The number of ether oxygens (including phenoxy) is 1. The summed E-state index contributed by atoms with van der Waals surface area (Å²) >= 11 is 3.20. The van der Waals surface area contributed by atoms with Gasteiger partial charge in [0.05, 0.1) is 25.1 Å². The van der Waals surface area contributed by atoms with Crippen LogP contribution in [0.15, 0.2) is 29.0 Å². The number of carbonyl (C=O) groups is 1. The molecule has 0 aliphatic rings. The quantitative estimate of drug-likeness (QED) is 0.308. The van der Waals surface area contributed by atoms with Crippen LogP contribution in [0.1, 0.15) is 45.9 Å². The fraction of sp³-hybridized carbons (Fsp3) is 0.476. The Morgan fingerprint density at radius 2 is 1.85 bits per heavy atom. The molecule has 1 N–H and O–H groups in total. The predicted octanol–water partition coefficient (Wildman–Crippen LogP) is 5.45. The summed E-state index contributed by atoms with van der Waals surface area (Å²) in [5.74, 6) is -4.49. The van der Waals surface area contributed by atoms with Gasteiger partial charge in [0.1, 0.15) is 16.0 Å². The maximum absolute atomic E-state index is 14.3. The lowest BCUT2D eigenvalue weighted by molar-refractivity contribution is -0.154. The molecule has 2 aromatic rings. The molecule has 1 atom stereocenters. The molecule has 1 heterocycles. The highest BCUT2D eigenvalue weighted by Gasteiger charge is 2.44. The van der Waals surface area contributed by atoms with Crippen molar-refractivity contribution in [1.29, 1.82) is 0 Å². The van der Waals surface area contributed by atoms with Crippen LogP contribution in [0.2, 0.25) is 0 Å². The van der Waals surface area contributed by atoms with E-state index in [9.17, 15) is 18.1 Å². The first-order valence-corrected chi connectivity index (χ1v) is 12.6. The van der Waals surface area contributed by atoms with Gasteiger partial charge in [-0.3, -0.25) is 4.57 Å². The molecule has 0 saturated heterocycles. The van der Waals surface area contributed by atoms with Crippen LogP contribution >= 0.6 is 23.5 Å². The van der Waals surface area contributed by atoms with Crippen molar-refractivity contribution in [3.63, 3.8) is 0 Å². The summed E-state index contributed by atoms with van der Waals surface area (Å²) in [6.45, 7) is 8.20. The number of aromatic nitrogens is 2. The lowest BCUT2D eigenvalue weighted by Crippen LogP contribution is -2.38. The molecule has 0 aliphatic carbocycles. The van der Waals surface area contributed by atoms with E-state index in [0.717, 1.165) is 6.07 Å². The van der Waals surface area contributed by atoms with E-state index in [-0.39, 0.29) is 36.7 Å². The smallest absolute Gasteiger partial charge is 0.364 e. The average Bonchev–Trinajstić information content (AvgIpc) is 2.69. The molecule has 0 spiro atoms. The largest absolute Gasteiger partial charge is 0.458 e. The standard InChI is InChI=1S/C21H27BrF2N3O5P/c1-6-30-33(29,31-7-2)19(20(28)32-21(3,4)5)27-18-15(26-16(22)12-25-18)11-13-9-8-10-14(23)17(13)24/h8-10,12,19H,6-7,11H2,1-5H3,(H,25,27). The number of rotatable bonds is 10. The highest BCUT2D eigenvalue weighted by molar-refractivity contribution is 9.10. The lowest BCUT2D eigenvalue weighted by Gasteiger charge is -2.29. The molecule has 1 aromatic carbocycles. The van der Waals surface area contributed by atoms with Gasteiger partial charge in [-0.2, -0.15) is 0 Å². The van der Waals surface area contributed by atoms with E-state index in [1.807, 2.05) is 0 Å². The molecule has 0 amide bonds. The summed E-state index contributed by atoms with van der Waals surface area (Å²) in [6.07, 6.45) is 1.18. The summed E-state index contributed by atoms with van der Waals surface area (Å²) in [4.78, 5) is 21.5. The third kappa shape index (κ3) is 7.53. The van der Waals surface area contributed by atoms with Crippen LogP contribution in [0.4, 0.5) is 14.6 Å². The third-order valence-corrected chi connectivity index (χ3v) is 6.63. The molecule has 0 fully saturated rings. The van der Waals surface area contributed by atoms with Crippen molar-refractivity contribution in [2.24, 2.45) is 0 Å². The van der Waals surface area contributed by atoms with Gasteiger partial charge in [0.15, 0.2) is 11.6 Å². The maximum atomic E-state index is 14.3. The first kappa shape index (κ1) is 27.3. The van der Waals surface area contributed by atoms with Crippen LogP contribution in [-0.2, 0) is 29.6 Å². The Labute approximate surface area is 200 Å². The van der Waals surface area contributed by atoms with Crippen molar-refractivity contribution in [1.82, 2.24) is 9.97 Å². The Morgan fingerprint density at radius 3 is 2.42 bits per heavy atom. The average molecular weight is 550 g/mol. The summed E-state index contributed by atoms with van der Waals surface area (Å²) in [7, 11) is -4.07. The molecule has 0 radical (unpaired) electrons. The molecular weight excluding hydrogens is 523 g/mol. The van der Waals surface area contributed by atoms with Gasteiger partial charge in [0.25, 0.3) is 0 Å². The molecule has 1 unspecified atom stereocenters. The number of benzene rings is 1. The monoisotopic (exact) mass is 549 g/mol. The molecule has 33 heavy (non-hydrogen) atoms.